The highest BCUT2D eigenvalue weighted by Crippen LogP contribution is 2.64. The Bertz CT molecular complexity index is 737. The summed E-state index contributed by atoms with van der Waals surface area (Å²) in [6.07, 6.45) is -9.10. The Morgan fingerprint density at radius 1 is 0.697 bits per heavy atom. The maximum atomic E-state index is 14.5. The third-order valence-corrected chi connectivity index (χ3v) is 5.32. The molecule has 0 amide bonds. The molecule has 16 heteroatoms. The summed E-state index contributed by atoms with van der Waals surface area (Å²) < 4.78 is 201. The van der Waals surface area contributed by atoms with Gasteiger partial charge in [-0.2, -0.15) is 65.9 Å². The molecule has 0 aromatic rings. The fourth-order valence-electron chi connectivity index (χ4n) is 3.24. The number of halogens is 15. The van der Waals surface area contributed by atoms with Crippen LogP contribution in [-0.4, -0.2) is 52.4 Å². The van der Waals surface area contributed by atoms with Crippen LogP contribution >= 0.6 is 0 Å². The van der Waals surface area contributed by atoms with E-state index < -0.39 is 72.1 Å². The van der Waals surface area contributed by atoms with Crippen molar-refractivity contribution >= 4 is 0 Å². The number of unbranched alkanes of at least 4 members (excludes halogenated alkanes) is 2. The van der Waals surface area contributed by atoms with Crippen molar-refractivity contribution in [1.29, 1.82) is 0 Å². The predicted molar refractivity (Wildman–Crippen MR) is 82.1 cm³/mol. The SMILES string of the molecule is CCCCCC1=CCCC1(O)C(F)(F)C(F)(F)C(F)(F)C(F)(F)C(F)(F)C(F)(F)C(F)(F)F. The molecule has 1 unspecified atom stereocenters. The molecule has 1 N–H and O–H groups in total. The number of aliphatic hydroxyl groups is 1. The molecular weight excluding hydrogens is 505 g/mol. The van der Waals surface area contributed by atoms with Crippen molar-refractivity contribution in [3.8, 4) is 0 Å². The van der Waals surface area contributed by atoms with Crippen LogP contribution in [0.25, 0.3) is 0 Å². The van der Waals surface area contributed by atoms with E-state index in [-0.39, 0.29) is 12.8 Å². The number of alkyl halides is 15. The summed E-state index contributed by atoms with van der Waals surface area (Å²) in [6, 6.07) is 0. The molecule has 0 fully saturated rings. The maximum Gasteiger partial charge on any atom is 0.460 e. The Balaban J connectivity index is 3.57. The van der Waals surface area contributed by atoms with Crippen LogP contribution in [0.3, 0.4) is 0 Å². The van der Waals surface area contributed by atoms with E-state index in [1.165, 1.54) is 0 Å². The van der Waals surface area contributed by atoms with E-state index >= 15 is 0 Å². The zero-order valence-electron chi connectivity index (χ0n) is 16.4. The Kier molecular flexibility index (Phi) is 7.55. The van der Waals surface area contributed by atoms with E-state index in [0.29, 0.717) is 12.5 Å². The van der Waals surface area contributed by atoms with E-state index in [2.05, 4.69) is 0 Å². The van der Waals surface area contributed by atoms with Gasteiger partial charge in [-0.1, -0.05) is 25.8 Å². The zero-order valence-corrected chi connectivity index (χ0v) is 16.4. The topological polar surface area (TPSA) is 20.2 Å². The fourth-order valence-corrected chi connectivity index (χ4v) is 3.24. The van der Waals surface area contributed by atoms with Crippen molar-refractivity contribution in [3.63, 3.8) is 0 Å². The molecule has 33 heavy (non-hydrogen) atoms. The molecule has 0 aromatic heterocycles. The lowest BCUT2D eigenvalue weighted by molar-refractivity contribution is -0.458. The monoisotopic (exact) mass is 522 g/mol. The molecular formula is C17H17F15O. The van der Waals surface area contributed by atoms with Gasteiger partial charge in [-0.3, -0.25) is 0 Å². The van der Waals surface area contributed by atoms with E-state index in [9.17, 15) is 71.0 Å². The minimum atomic E-state index is -8.35. The van der Waals surface area contributed by atoms with Gasteiger partial charge in [-0.25, -0.2) is 0 Å². The Labute approximate surface area is 176 Å². The lowest BCUT2D eigenvalue weighted by atomic mass is 9.79. The van der Waals surface area contributed by atoms with Crippen LogP contribution in [0.4, 0.5) is 65.9 Å². The molecule has 1 atom stereocenters. The first-order chi connectivity index (χ1) is 14.4. The summed E-state index contributed by atoms with van der Waals surface area (Å²) in [5.74, 6) is -47.3. The second-order valence-electron chi connectivity index (χ2n) is 7.53. The minimum absolute atomic E-state index is 0.0747. The van der Waals surface area contributed by atoms with Gasteiger partial charge in [0, 0.05) is 0 Å². The van der Waals surface area contributed by atoms with Gasteiger partial charge in [0.2, 0.25) is 0 Å². The van der Waals surface area contributed by atoms with E-state index in [1.54, 1.807) is 6.92 Å². The van der Waals surface area contributed by atoms with E-state index in [0.717, 1.165) is 0 Å². The molecule has 1 aliphatic carbocycles. The number of hydrogen-bond acceptors (Lipinski definition) is 1. The second-order valence-corrected chi connectivity index (χ2v) is 7.53. The molecule has 0 spiro atoms. The van der Waals surface area contributed by atoms with Crippen LogP contribution in [0, 0.1) is 0 Å². The van der Waals surface area contributed by atoms with Gasteiger partial charge in [-0.05, 0) is 31.3 Å². The Morgan fingerprint density at radius 2 is 1.12 bits per heavy atom. The molecule has 0 aromatic carbocycles. The van der Waals surface area contributed by atoms with Crippen molar-refractivity contribution in [2.75, 3.05) is 0 Å². The molecule has 1 nitrogen and oxygen atoms in total. The molecule has 0 heterocycles. The zero-order chi connectivity index (χ0) is 26.5. The van der Waals surface area contributed by atoms with Crippen LogP contribution < -0.4 is 0 Å². The maximum absolute atomic E-state index is 14.5. The van der Waals surface area contributed by atoms with Crippen LogP contribution in [0.15, 0.2) is 11.6 Å². The first-order valence-electron chi connectivity index (χ1n) is 9.17. The largest absolute Gasteiger partial charge is 0.460 e. The van der Waals surface area contributed by atoms with Crippen molar-refractivity contribution < 1.29 is 71.0 Å². The molecule has 1 rings (SSSR count). The second kappa shape index (κ2) is 8.40. The normalized spacial score (nSPS) is 22.0. The Morgan fingerprint density at radius 3 is 1.55 bits per heavy atom. The summed E-state index contributed by atoms with van der Waals surface area (Å²) in [5.41, 5.74) is -5.31. The first kappa shape index (κ1) is 29.7. The van der Waals surface area contributed by atoms with Crippen molar-refractivity contribution in [2.45, 2.75) is 92.8 Å². The number of hydrogen-bond donors (Lipinski definition) is 1. The van der Waals surface area contributed by atoms with Crippen LogP contribution in [0.5, 0.6) is 0 Å². The summed E-state index contributed by atoms with van der Waals surface area (Å²) in [7, 11) is 0. The van der Waals surface area contributed by atoms with Crippen molar-refractivity contribution in [3.05, 3.63) is 11.6 Å². The highest BCUT2D eigenvalue weighted by atomic mass is 19.4. The molecule has 196 valence electrons. The van der Waals surface area contributed by atoms with Gasteiger partial charge in [0.15, 0.2) is 5.60 Å². The van der Waals surface area contributed by atoms with Crippen molar-refractivity contribution in [1.82, 2.24) is 0 Å². The van der Waals surface area contributed by atoms with Gasteiger partial charge in [0.05, 0.1) is 0 Å². The van der Waals surface area contributed by atoms with Crippen LogP contribution in [0.1, 0.15) is 45.4 Å². The van der Waals surface area contributed by atoms with E-state index in [4.69, 9.17) is 0 Å². The average molecular weight is 522 g/mol. The Hall–Kier alpha value is -1.35. The summed E-state index contributed by atoms with van der Waals surface area (Å²) in [6.45, 7) is 1.59. The first-order valence-corrected chi connectivity index (χ1v) is 9.17. The molecule has 0 saturated carbocycles. The molecule has 0 aliphatic heterocycles. The van der Waals surface area contributed by atoms with Gasteiger partial charge < -0.3 is 5.11 Å². The summed E-state index contributed by atoms with van der Waals surface area (Å²) in [5, 5.41) is 10.0. The van der Waals surface area contributed by atoms with E-state index in [1.807, 2.05) is 0 Å². The van der Waals surface area contributed by atoms with Crippen LogP contribution in [0.2, 0.25) is 0 Å². The highest BCUT2D eigenvalue weighted by Gasteiger charge is 2.94. The lowest BCUT2D eigenvalue weighted by Gasteiger charge is -2.45. The van der Waals surface area contributed by atoms with Gasteiger partial charge >= 0.3 is 41.7 Å². The third kappa shape index (κ3) is 3.97. The fraction of sp³-hybridized carbons (Fsp3) is 0.882. The molecule has 0 saturated heterocycles. The number of allylic oxidation sites excluding steroid dienone is 1. The van der Waals surface area contributed by atoms with Gasteiger partial charge in [0.1, 0.15) is 0 Å². The lowest BCUT2D eigenvalue weighted by Crippen LogP contribution is -2.75. The van der Waals surface area contributed by atoms with Gasteiger partial charge in [-0.15, -0.1) is 0 Å². The number of rotatable bonds is 10. The van der Waals surface area contributed by atoms with Crippen LogP contribution in [-0.2, 0) is 0 Å². The molecule has 0 bridgehead atoms. The minimum Gasteiger partial charge on any atom is -0.379 e. The standard InChI is InChI=1S/C17H17F15O/c1-2-3-4-6-9-7-5-8-10(9,33)11(18,19)12(20,21)13(22,23)14(24,25)15(26,27)16(28,29)17(30,31)32/h7,33H,2-6,8H2,1H3. The highest BCUT2D eigenvalue weighted by molar-refractivity contribution is 5.30. The quantitative estimate of drug-likeness (QED) is 0.180. The third-order valence-electron chi connectivity index (χ3n) is 5.32. The van der Waals surface area contributed by atoms with Gasteiger partial charge in [0.25, 0.3) is 0 Å². The average Bonchev–Trinajstić information content (AvgIpc) is 3.02. The summed E-state index contributed by atoms with van der Waals surface area (Å²) in [4.78, 5) is 0. The summed E-state index contributed by atoms with van der Waals surface area (Å²) >= 11 is 0. The molecule has 0 radical (unpaired) electrons. The predicted octanol–water partition coefficient (Wildman–Crippen LogP) is 7.39. The smallest absolute Gasteiger partial charge is 0.379 e. The van der Waals surface area contributed by atoms with Crippen molar-refractivity contribution in [2.24, 2.45) is 0 Å². The molecule has 1 aliphatic rings.